The minimum absolute atomic E-state index is 0.630. The van der Waals surface area contributed by atoms with Gasteiger partial charge in [-0.1, -0.05) is 13.8 Å². The molecule has 106 valence electrons. The number of nitrogens with zero attached hydrogens (tertiary/aromatic N) is 3. The normalized spacial score (nSPS) is 11.1. The first-order valence-electron chi connectivity index (χ1n) is 6.72. The molecule has 0 saturated carbocycles. The van der Waals surface area contributed by atoms with Crippen molar-refractivity contribution >= 4 is 15.9 Å². The molecule has 0 fully saturated rings. The number of hydrogen-bond donors (Lipinski definition) is 1. The van der Waals surface area contributed by atoms with Gasteiger partial charge in [-0.25, -0.2) is 9.97 Å². The minimum Gasteiger partial charge on any atom is -0.311 e. The molecular weight excluding hydrogens is 316 g/mol. The van der Waals surface area contributed by atoms with Gasteiger partial charge in [0.15, 0.2) is 5.82 Å². The summed E-state index contributed by atoms with van der Waals surface area (Å²) in [5, 5.41) is 3.40. The third kappa shape index (κ3) is 4.35. The molecule has 20 heavy (non-hydrogen) atoms. The molecule has 0 radical (unpaired) electrons. The van der Waals surface area contributed by atoms with Crippen molar-refractivity contribution < 1.29 is 0 Å². The Labute approximate surface area is 128 Å². The lowest BCUT2D eigenvalue weighted by atomic mass is 10.2. The number of rotatable bonds is 5. The van der Waals surface area contributed by atoms with E-state index in [1.807, 2.05) is 25.1 Å². The van der Waals surface area contributed by atoms with Crippen LogP contribution in [0.15, 0.2) is 28.9 Å². The molecule has 2 aromatic rings. The maximum atomic E-state index is 4.58. The number of pyridine rings is 1. The van der Waals surface area contributed by atoms with E-state index in [1.165, 1.54) is 0 Å². The molecule has 0 aromatic carbocycles. The Morgan fingerprint density at radius 1 is 1.25 bits per heavy atom. The minimum atomic E-state index is 0.630. The molecule has 0 aliphatic heterocycles. The van der Waals surface area contributed by atoms with Crippen molar-refractivity contribution in [1.82, 2.24) is 20.3 Å². The molecule has 5 heteroatoms. The van der Waals surface area contributed by atoms with Gasteiger partial charge in [0.1, 0.15) is 5.69 Å². The van der Waals surface area contributed by atoms with E-state index in [2.05, 4.69) is 50.0 Å². The maximum Gasteiger partial charge on any atom is 0.178 e. The molecule has 0 aliphatic rings. The number of nitrogens with one attached hydrogen (secondary N) is 1. The average Bonchev–Trinajstić information content (AvgIpc) is 2.38. The number of aryl methyl sites for hydroxylation is 1. The Hall–Kier alpha value is -1.33. The molecule has 0 unspecified atom stereocenters. The number of aromatic nitrogens is 3. The zero-order chi connectivity index (χ0) is 14.5. The van der Waals surface area contributed by atoms with Crippen LogP contribution < -0.4 is 5.32 Å². The van der Waals surface area contributed by atoms with Crippen LogP contribution in [0.5, 0.6) is 0 Å². The highest BCUT2D eigenvalue weighted by Crippen LogP contribution is 2.16. The highest BCUT2D eigenvalue weighted by molar-refractivity contribution is 9.10. The topological polar surface area (TPSA) is 50.7 Å². The zero-order valence-corrected chi connectivity index (χ0v) is 13.6. The Morgan fingerprint density at radius 3 is 2.70 bits per heavy atom. The van der Waals surface area contributed by atoms with Crippen molar-refractivity contribution in [2.75, 3.05) is 6.54 Å². The second-order valence-electron chi connectivity index (χ2n) is 5.21. The summed E-state index contributed by atoms with van der Waals surface area (Å²) in [4.78, 5) is 13.4. The predicted octanol–water partition coefficient (Wildman–Crippen LogP) is 3.36. The van der Waals surface area contributed by atoms with Gasteiger partial charge in [-0.3, -0.25) is 4.98 Å². The van der Waals surface area contributed by atoms with E-state index in [4.69, 9.17) is 0 Å². The van der Waals surface area contributed by atoms with Gasteiger partial charge in [-0.2, -0.15) is 0 Å². The summed E-state index contributed by atoms with van der Waals surface area (Å²) < 4.78 is 0.952. The van der Waals surface area contributed by atoms with E-state index < -0.39 is 0 Å². The Morgan fingerprint density at radius 2 is 2.05 bits per heavy atom. The Bertz CT molecular complexity index is 567. The van der Waals surface area contributed by atoms with Gasteiger partial charge in [-0.05, 0) is 53.5 Å². The van der Waals surface area contributed by atoms with E-state index >= 15 is 0 Å². The highest BCUT2D eigenvalue weighted by atomic mass is 79.9. The first-order valence-corrected chi connectivity index (χ1v) is 7.51. The first-order chi connectivity index (χ1) is 9.54. The van der Waals surface area contributed by atoms with E-state index in [0.29, 0.717) is 11.7 Å². The van der Waals surface area contributed by atoms with Crippen LogP contribution in [-0.2, 0) is 6.54 Å². The second kappa shape index (κ2) is 6.90. The van der Waals surface area contributed by atoms with Gasteiger partial charge in [0.2, 0.25) is 0 Å². The largest absolute Gasteiger partial charge is 0.311 e. The van der Waals surface area contributed by atoms with E-state index in [0.717, 1.165) is 34.6 Å². The Balaban J connectivity index is 2.18. The van der Waals surface area contributed by atoms with Gasteiger partial charge in [0.05, 0.1) is 5.69 Å². The van der Waals surface area contributed by atoms with Gasteiger partial charge in [0, 0.05) is 22.9 Å². The lowest BCUT2D eigenvalue weighted by Gasteiger charge is -2.09. The lowest BCUT2D eigenvalue weighted by molar-refractivity contribution is 0.548. The van der Waals surface area contributed by atoms with Gasteiger partial charge in [0.25, 0.3) is 0 Å². The summed E-state index contributed by atoms with van der Waals surface area (Å²) in [6, 6.07) is 5.88. The van der Waals surface area contributed by atoms with E-state index in [9.17, 15) is 0 Å². The van der Waals surface area contributed by atoms with Crippen LogP contribution in [0.4, 0.5) is 0 Å². The summed E-state index contributed by atoms with van der Waals surface area (Å²) in [7, 11) is 0. The van der Waals surface area contributed by atoms with Crippen LogP contribution in [0.1, 0.15) is 25.2 Å². The molecule has 2 heterocycles. The maximum absolute atomic E-state index is 4.58. The van der Waals surface area contributed by atoms with Crippen LogP contribution in [0, 0.1) is 12.8 Å². The monoisotopic (exact) mass is 334 g/mol. The fourth-order valence-electron chi connectivity index (χ4n) is 1.84. The van der Waals surface area contributed by atoms with Gasteiger partial charge >= 0.3 is 0 Å². The summed E-state index contributed by atoms with van der Waals surface area (Å²) in [5.41, 5.74) is 2.75. The summed E-state index contributed by atoms with van der Waals surface area (Å²) in [5.74, 6) is 1.31. The molecule has 2 aromatic heterocycles. The fourth-order valence-corrected chi connectivity index (χ4v) is 2.07. The molecule has 0 spiro atoms. The molecule has 1 N–H and O–H groups in total. The highest BCUT2D eigenvalue weighted by Gasteiger charge is 2.06. The van der Waals surface area contributed by atoms with Crippen molar-refractivity contribution in [3.05, 3.63) is 40.3 Å². The van der Waals surface area contributed by atoms with Gasteiger partial charge in [-0.15, -0.1) is 0 Å². The summed E-state index contributed by atoms with van der Waals surface area (Å²) >= 11 is 3.38. The third-order valence-electron chi connectivity index (χ3n) is 2.72. The van der Waals surface area contributed by atoms with E-state index in [-0.39, 0.29) is 0 Å². The third-order valence-corrected chi connectivity index (χ3v) is 3.19. The molecule has 0 amide bonds. The van der Waals surface area contributed by atoms with E-state index in [1.54, 1.807) is 6.20 Å². The standard InChI is InChI=1S/C15H19BrN4/c1-10(2)7-17-9-13-6-11(3)19-15(20-13)14-5-4-12(16)8-18-14/h4-6,8,10,17H,7,9H2,1-3H3. The smallest absolute Gasteiger partial charge is 0.178 e. The molecule has 2 rings (SSSR count). The van der Waals surface area contributed by atoms with Crippen LogP contribution in [-0.4, -0.2) is 21.5 Å². The van der Waals surface area contributed by atoms with Crippen LogP contribution in [0.25, 0.3) is 11.5 Å². The molecule has 0 bridgehead atoms. The average molecular weight is 335 g/mol. The summed E-state index contributed by atoms with van der Waals surface area (Å²) in [6.45, 7) is 8.10. The SMILES string of the molecule is Cc1cc(CNCC(C)C)nc(-c2ccc(Br)cn2)n1. The Kier molecular flexibility index (Phi) is 5.20. The number of halogens is 1. The van der Waals surface area contributed by atoms with Crippen LogP contribution in [0.3, 0.4) is 0 Å². The lowest BCUT2D eigenvalue weighted by Crippen LogP contribution is -2.20. The molecule has 0 atom stereocenters. The van der Waals surface area contributed by atoms with Crippen molar-refractivity contribution in [2.24, 2.45) is 5.92 Å². The first kappa shape index (κ1) is 15.1. The number of hydrogen-bond acceptors (Lipinski definition) is 4. The molecule has 4 nitrogen and oxygen atoms in total. The van der Waals surface area contributed by atoms with Crippen molar-refractivity contribution in [1.29, 1.82) is 0 Å². The zero-order valence-electron chi connectivity index (χ0n) is 12.0. The molecular formula is C15H19BrN4. The molecule has 0 aliphatic carbocycles. The second-order valence-corrected chi connectivity index (χ2v) is 6.13. The molecule has 0 saturated heterocycles. The van der Waals surface area contributed by atoms with Crippen molar-refractivity contribution in [3.8, 4) is 11.5 Å². The van der Waals surface area contributed by atoms with Crippen molar-refractivity contribution in [2.45, 2.75) is 27.3 Å². The summed E-state index contributed by atoms with van der Waals surface area (Å²) in [6.07, 6.45) is 1.76. The fraction of sp³-hybridized carbons (Fsp3) is 0.400. The van der Waals surface area contributed by atoms with Gasteiger partial charge < -0.3 is 5.32 Å². The quantitative estimate of drug-likeness (QED) is 0.910. The van der Waals surface area contributed by atoms with Crippen molar-refractivity contribution in [3.63, 3.8) is 0 Å². The van der Waals surface area contributed by atoms with Crippen LogP contribution in [0.2, 0.25) is 0 Å². The van der Waals surface area contributed by atoms with Crippen LogP contribution >= 0.6 is 15.9 Å². The predicted molar refractivity (Wildman–Crippen MR) is 84.2 cm³/mol.